The highest BCUT2D eigenvalue weighted by Crippen LogP contribution is 2.13. The molecule has 0 saturated carbocycles. The Morgan fingerprint density at radius 2 is 1.94 bits per heavy atom. The summed E-state index contributed by atoms with van der Waals surface area (Å²) in [4.78, 5) is 11.2. The van der Waals surface area contributed by atoms with E-state index < -0.39 is 15.7 Å². The van der Waals surface area contributed by atoms with Gasteiger partial charge in [0.1, 0.15) is 0 Å². The number of amides is 1. The lowest BCUT2D eigenvalue weighted by molar-refractivity contribution is 0.0999. The molecule has 0 bridgehead atoms. The Hall–Kier alpha value is -1.40. The maximum absolute atomic E-state index is 11.9. The molecule has 0 fully saturated rings. The second kappa shape index (κ2) is 5.97. The Morgan fingerprint density at radius 3 is 2.50 bits per heavy atom. The van der Waals surface area contributed by atoms with E-state index in [1.807, 2.05) is 6.92 Å². The standard InChI is InChI=1S/C12H18N2O3S/c1-2-10(13)8-18(16,17)7-9-5-3-4-6-11(9)12(14)15/h3-6,10H,2,7-8,13H2,1H3,(H2,14,15). The first-order valence-corrected chi connectivity index (χ1v) is 7.51. The van der Waals surface area contributed by atoms with Crippen LogP contribution in [0.25, 0.3) is 0 Å². The largest absolute Gasteiger partial charge is 0.366 e. The Labute approximate surface area is 107 Å². The van der Waals surface area contributed by atoms with E-state index in [1.165, 1.54) is 6.07 Å². The van der Waals surface area contributed by atoms with Crippen LogP contribution >= 0.6 is 0 Å². The zero-order valence-electron chi connectivity index (χ0n) is 10.3. The summed E-state index contributed by atoms with van der Waals surface area (Å²) in [6.07, 6.45) is 0.594. The zero-order valence-corrected chi connectivity index (χ0v) is 11.1. The maximum atomic E-state index is 11.9. The van der Waals surface area contributed by atoms with Crippen LogP contribution in [0, 0.1) is 0 Å². The number of hydrogen-bond donors (Lipinski definition) is 2. The summed E-state index contributed by atoms with van der Waals surface area (Å²) >= 11 is 0. The van der Waals surface area contributed by atoms with Crippen LogP contribution in [0.15, 0.2) is 24.3 Å². The van der Waals surface area contributed by atoms with Crippen molar-refractivity contribution in [3.8, 4) is 0 Å². The number of carbonyl (C=O) groups is 1. The van der Waals surface area contributed by atoms with Gasteiger partial charge < -0.3 is 11.5 Å². The van der Waals surface area contributed by atoms with Crippen LogP contribution in [0.4, 0.5) is 0 Å². The van der Waals surface area contributed by atoms with Gasteiger partial charge in [-0.2, -0.15) is 0 Å². The van der Waals surface area contributed by atoms with Crippen molar-refractivity contribution in [3.63, 3.8) is 0 Å². The molecule has 18 heavy (non-hydrogen) atoms. The van der Waals surface area contributed by atoms with Crippen LogP contribution in [0.3, 0.4) is 0 Å². The molecule has 0 aromatic heterocycles. The van der Waals surface area contributed by atoms with Crippen LogP contribution in [0.5, 0.6) is 0 Å². The van der Waals surface area contributed by atoms with Gasteiger partial charge in [0, 0.05) is 11.6 Å². The van der Waals surface area contributed by atoms with Gasteiger partial charge in [-0.15, -0.1) is 0 Å². The predicted octanol–water partition coefficient (Wildman–Crippen LogP) is 0.438. The van der Waals surface area contributed by atoms with Crippen molar-refractivity contribution < 1.29 is 13.2 Å². The van der Waals surface area contributed by atoms with Gasteiger partial charge in [-0.1, -0.05) is 25.1 Å². The quantitative estimate of drug-likeness (QED) is 0.782. The van der Waals surface area contributed by atoms with Crippen LogP contribution in [0.2, 0.25) is 0 Å². The van der Waals surface area contributed by atoms with Gasteiger partial charge in [0.2, 0.25) is 5.91 Å². The van der Waals surface area contributed by atoms with E-state index >= 15 is 0 Å². The van der Waals surface area contributed by atoms with Crippen LogP contribution in [-0.4, -0.2) is 26.1 Å². The van der Waals surface area contributed by atoms with E-state index in [4.69, 9.17) is 11.5 Å². The lowest BCUT2D eigenvalue weighted by Gasteiger charge is -2.11. The molecule has 1 atom stereocenters. The Bertz CT molecular complexity index is 526. The Kier molecular flexibility index (Phi) is 4.86. The van der Waals surface area contributed by atoms with Crippen molar-refractivity contribution in [1.29, 1.82) is 0 Å². The maximum Gasteiger partial charge on any atom is 0.249 e. The highest BCUT2D eigenvalue weighted by molar-refractivity contribution is 7.90. The molecule has 0 spiro atoms. The summed E-state index contributed by atoms with van der Waals surface area (Å²) in [5, 5.41) is 0. The summed E-state index contributed by atoms with van der Waals surface area (Å²) in [5.41, 5.74) is 11.5. The fourth-order valence-electron chi connectivity index (χ4n) is 1.63. The lowest BCUT2D eigenvalue weighted by atomic mass is 10.1. The number of rotatable bonds is 6. The molecule has 1 amide bonds. The summed E-state index contributed by atoms with van der Waals surface area (Å²) in [7, 11) is -3.33. The fourth-order valence-corrected chi connectivity index (χ4v) is 3.36. The second-order valence-electron chi connectivity index (χ2n) is 4.24. The van der Waals surface area contributed by atoms with Crippen molar-refractivity contribution in [2.45, 2.75) is 25.1 Å². The summed E-state index contributed by atoms with van der Waals surface area (Å²) in [6.45, 7) is 1.83. The SMILES string of the molecule is CCC(N)CS(=O)(=O)Cc1ccccc1C(N)=O. The van der Waals surface area contributed by atoms with Crippen molar-refractivity contribution in [3.05, 3.63) is 35.4 Å². The number of carbonyl (C=O) groups excluding carboxylic acids is 1. The molecule has 0 aliphatic heterocycles. The summed E-state index contributed by atoms with van der Waals surface area (Å²) < 4.78 is 23.8. The zero-order chi connectivity index (χ0) is 13.8. The highest BCUT2D eigenvalue weighted by Gasteiger charge is 2.18. The van der Waals surface area contributed by atoms with Gasteiger partial charge in [0.25, 0.3) is 0 Å². The first-order valence-electron chi connectivity index (χ1n) is 5.69. The molecule has 1 aromatic carbocycles. The molecule has 0 saturated heterocycles. The van der Waals surface area contributed by atoms with Crippen molar-refractivity contribution in [2.75, 3.05) is 5.75 Å². The Morgan fingerprint density at radius 1 is 1.33 bits per heavy atom. The number of nitrogens with two attached hydrogens (primary N) is 2. The number of sulfone groups is 1. The smallest absolute Gasteiger partial charge is 0.249 e. The molecule has 5 nitrogen and oxygen atoms in total. The average Bonchev–Trinajstić information content (AvgIpc) is 2.28. The topological polar surface area (TPSA) is 103 Å². The molecule has 1 aromatic rings. The molecule has 1 rings (SSSR count). The van der Waals surface area contributed by atoms with Gasteiger partial charge in [-0.05, 0) is 18.1 Å². The van der Waals surface area contributed by atoms with Crippen molar-refractivity contribution >= 4 is 15.7 Å². The molecule has 0 heterocycles. The van der Waals surface area contributed by atoms with Gasteiger partial charge in [0.15, 0.2) is 9.84 Å². The monoisotopic (exact) mass is 270 g/mol. The predicted molar refractivity (Wildman–Crippen MR) is 70.7 cm³/mol. The minimum Gasteiger partial charge on any atom is -0.366 e. The van der Waals surface area contributed by atoms with Gasteiger partial charge in [-0.3, -0.25) is 4.79 Å². The lowest BCUT2D eigenvalue weighted by Crippen LogP contribution is -2.29. The minimum atomic E-state index is -3.33. The molecular weight excluding hydrogens is 252 g/mol. The van der Waals surface area contributed by atoms with E-state index in [0.717, 1.165) is 0 Å². The molecule has 1 unspecified atom stereocenters. The van der Waals surface area contributed by atoms with Crippen LogP contribution in [-0.2, 0) is 15.6 Å². The highest BCUT2D eigenvalue weighted by atomic mass is 32.2. The molecule has 6 heteroatoms. The molecule has 0 aliphatic rings. The molecule has 4 N–H and O–H groups in total. The average molecular weight is 270 g/mol. The first kappa shape index (κ1) is 14.7. The number of primary amides is 1. The normalized spacial score (nSPS) is 13.2. The minimum absolute atomic E-state index is 0.0867. The van der Waals surface area contributed by atoms with E-state index in [0.29, 0.717) is 12.0 Å². The van der Waals surface area contributed by atoms with E-state index in [2.05, 4.69) is 0 Å². The molecular formula is C12H18N2O3S. The van der Waals surface area contributed by atoms with Crippen LogP contribution in [0.1, 0.15) is 29.3 Å². The van der Waals surface area contributed by atoms with E-state index in [1.54, 1.807) is 18.2 Å². The summed E-state index contributed by atoms with van der Waals surface area (Å²) in [5.74, 6) is -0.920. The van der Waals surface area contributed by atoms with E-state index in [-0.39, 0.29) is 23.1 Å². The summed E-state index contributed by atoms with van der Waals surface area (Å²) in [6, 6.07) is 6.06. The third-order valence-electron chi connectivity index (χ3n) is 2.65. The first-order chi connectivity index (χ1) is 8.35. The van der Waals surface area contributed by atoms with Crippen molar-refractivity contribution in [1.82, 2.24) is 0 Å². The molecule has 100 valence electrons. The number of benzene rings is 1. The third-order valence-corrected chi connectivity index (χ3v) is 4.34. The van der Waals surface area contributed by atoms with Gasteiger partial charge in [-0.25, -0.2) is 8.42 Å². The van der Waals surface area contributed by atoms with E-state index in [9.17, 15) is 13.2 Å². The Balaban J connectivity index is 2.94. The van der Waals surface area contributed by atoms with Gasteiger partial charge >= 0.3 is 0 Å². The molecule has 0 radical (unpaired) electrons. The van der Waals surface area contributed by atoms with Gasteiger partial charge in [0.05, 0.1) is 11.5 Å². The second-order valence-corrected chi connectivity index (χ2v) is 6.35. The fraction of sp³-hybridized carbons (Fsp3) is 0.417. The van der Waals surface area contributed by atoms with Crippen molar-refractivity contribution in [2.24, 2.45) is 11.5 Å². The molecule has 0 aliphatic carbocycles. The van der Waals surface area contributed by atoms with Crippen LogP contribution < -0.4 is 11.5 Å². The third kappa shape index (κ3) is 4.12. The number of hydrogen-bond acceptors (Lipinski definition) is 4.